The van der Waals surface area contributed by atoms with E-state index < -0.39 is 5.91 Å². The van der Waals surface area contributed by atoms with E-state index in [-0.39, 0.29) is 11.6 Å². The molecule has 1 aliphatic carbocycles. The molecule has 2 N–H and O–H groups in total. The SMILES string of the molecule is CCN(CC)c1ccc(/C=C(\NC(=O)c2ccccc2)C(=O)NN=C(C)c2ccc3c4c(cccc24)CC3)cc1. The molecule has 6 nitrogen and oxygen atoms in total. The van der Waals surface area contributed by atoms with Crippen LogP contribution >= 0.6 is 0 Å². The zero-order chi connectivity index (χ0) is 28.1. The van der Waals surface area contributed by atoms with Gasteiger partial charge in [-0.15, -0.1) is 0 Å². The number of hydrogen-bond acceptors (Lipinski definition) is 4. The van der Waals surface area contributed by atoms with E-state index in [0.29, 0.717) is 11.3 Å². The van der Waals surface area contributed by atoms with Gasteiger partial charge in [0.2, 0.25) is 0 Å². The molecule has 1 aliphatic rings. The lowest BCUT2D eigenvalue weighted by Crippen LogP contribution is -2.33. The van der Waals surface area contributed by atoms with Crippen LogP contribution in [0.2, 0.25) is 0 Å². The molecule has 0 unspecified atom stereocenters. The highest BCUT2D eigenvalue weighted by Gasteiger charge is 2.18. The normalized spacial score (nSPS) is 12.9. The van der Waals surface area contributed by atoms with Crippen molar-refractivity contribution in [2.45, 2.75) is 33.6 Å². The van der Waals surface area contributed by atoms with Gasteiger partial charge in [-0.25, -0.2) is 5.43 Å². The molecule has 0 heterocycles. The smallest absolute Gasteiger partial charge is 0.287 e. The van der Waals surface area contributed by atoms with Gasteiger partial charge in [-0.05, 0) is 91.4 Å². The van der Waals surface area contributed by atoms with Crippen molar-refractivity contribution in [1.29, 1.82) is 0 Å². The van der Waals surface area contributed by atoms with E-state index in [1.54, 1.807) is 30.3 Å². The van der Waals surface area contributed by atoms with Gasteiger partial charge in [0.25, 0.3) is 11.8 Å². The van der Waals surface area contributed by atoms with Crippen LogP contribution in [-0.4, -0.2) is 30.6 Å². The Kier molecular flexibility index (Phi) is 8.06. The third kappa shape index (κ3) is 5.66. The Bertz CT molecular complexity index is 1590. The van der Waals surface area contributed by atoms with Crippen LogP contribution in [-0.2, 0) is 17.6 Å². The van der Waals surface area contributed by atoms with Crippen molar-refractivity contribution in [3.63, 3.8) is 0 Å². The Morgan fingerprint density at radius 3 is 2.25 bits per heavy atom. The van der Waals surface area contributed by atoms with E-state index in [4.69, 9.17) is 0 Å². The first-order valence-electron chi connectivity index (χ1n) is 13.8. The fourth-order valence-electron chi connectivity index (χ4n) is 5.30. The summed E-state index contributed by atoms with van der Waals surface area (Å²) in [5.74, 6) is -0.864. The average molecular weight is 531 g/mol. The Labute approximate surface area is 235 Å². The minimum Gasteiger partial charge on any atom is -0.372 e. The van der Waals surface area contributed by atoms with E-state index in [9.17, 15) is 9.59 Å². The highest BCUT2D eigenvalue weighted by molar-refractivity contribution is 6.12. The number of anilines is 1. The standard InChI is InChI=1S/C34H34N4O2/c1-4-38(5-2)28-19-14-24(15-20-28)22-31(35-33(39)27-10-7-6-8-11-27)34(40)37-36-23(3)29-21-18-26-17-16-25-12-9-13-30(29)32(25)26/h6-15,18-22H,4-5,16-17H2,1-3H3,(H,35,39)(H,37,40)/b31-22-,36-23?. The summed E-state index contributed by atoms with van der Waals surface area (Å²) >= 11 is 0. The number of benzene rings is 4. The highest BCUT2D eigenvalue weighted by atomic mass is 16.2. The predicted molar refractivity (Wildman–Crippen MR) is 164 cm³/mol. The third-order valence-electron chi connectivity index (χ3n) is 7.45. The molecule has 0 bridgehead atoms. The number of carbonyl (C=O) groups is 2. The summed E-state index contributed by atoms with van der Waals surface area (Å²) in [6.07, 6.45) is 3.77. The maximum absolute atomic E-state index is 13.4. The predicted octanol–water partition coefficient (Wildman–Crippen LogP) is 6.10. The van der Waals surface area contributed by atoms with E-state index in [1.807, 2.05) is 37.3 Å². The number of hydrogen-bond donors (Lipinski definition) is 2. The summed E-state index contributed by atoms with van der Waals surface area (Å²) in [5, 5.41) is 9.67. The lowest BCUT2D eigenvalue weighted by molar-refractivity contribution is -0.117. The van der Waals surface area contributed by atoms with Crippen LogP contribution in [0.25, 0.3) is 16.8 Å². The second-order valence-electron chi connectivity index (χ2n) is 9.89. The zero-order valence-corrected chi connectivity index (χ0v) is 23.2. The molecule has 0 radical (unpaired) electrons. The largest absolute Gasteiger partial charge is 0.372 e. The topological polar surface area (TPSA) is 73.8 Å². The van der Waals surface area contributed by atoms with Gasteiger partial charge in [-0.1, -0.05) is 60.7 Å². The number of hydrazone groups is 1. The Balaban J connectivity index is 1.42. The molecule has 0 aromatic heterocycles. The lowest BCUT2D eigenvalue weighted by Gasteiger charge is -2.21. The number of aryl methyl sites for hydroxylation is 2. The number of nitrogens with zero attached hydrogens (tertiary/aromatic N) is 2. The van der Waals surface area contributed by atoms with Gasteiger partial charge in [0.1, 0.15) is 5.70 Å². The molecular formula is C34H34N4O2. The van der Waals surface area contributed by atoms with Crippen LogP contribution in [0.4, 0.5) is 5.69 Å². The number of amides is 2. The molecule has 0 fully saturated rings. The molecule has 40 heavy (non-hydrogen) atoms. The zero-order valence-electron chi connectivity index (χ0n) is 23.2. The van der Waals surface area contributed by atoms with Crippen LogP contribution in [0.15, 0.2) is 95.7 Å². The Morgan fingerprint density at radius 2 is 1.55 bits per heavy atom. The van der Waals surface area contributed by atoms with E-state index in [1.165, 1.54) is 16.5 Å². The summed E-state index contributed by atoms with van der Waals surface area (Å²) in [5.41, 5.74) is 9.53. The first-order chi connectivity index (χ1) is 19.5. The maximum Gasteiger partial charge on any atom is 0.287 e. The molecule has 202 valence electrons. The lowest BCUT2D eigenvalue weighted by atomic mass is 9.98. The van der Waals surface area contributed by atoms with Crippen LogP contribution in [0.1, 0.15) is 53.4 Å². The summed E-state index contributed by atoms with van der Waals surface area (Å²) < 4.78 is 0. The highest BCUT2D eigenvalue weighted by Crippen LogP contribution is 2.33. The van der Waals surface area contributed by atoms with Crippen LogP contribution in [0.3, 0.4) is 0 Å². The number of nitrogens with one attached hydrogen (secondary N) is 2. The monoisotopic (exact) mass is 530 g/mol. The van der Waals surface area contributed by atoms with Crippen molar-refractivity contribution in [3.8, 4) is 0 Å². The second-order valence-corrected chi connectivity index (χ2v) is 9.89. The van der Waals surface area contributed by atoms with Crippen molar-refractivity contribution in [3.05, 3.63) is 118 Å². The molecule has 4 aromatic carbocycles. The quantitative estimate of drug-likeness (QED) is 0.156. The Hall–Kier alpha value is -4.71. The first-order valence-corrected chi connectivity index (χ1v) is 13.8. The van der Waals surface area contributed by atoms with Gasteiger partial charge in [0.05, 0.1) is 5.71 Å². The van der Waals surface area contributed by atoms with E-state index in [2.05, 4.69) is 64.9 Å². The fourth-order valence-corrected chi connectivity index (χ4v) is 5.30. The molecule has 4 aromatic rings. The molecule has 6 heteroatoms. The second kappa shape index (κ2) is 12.0. The molecule has 0 saturated heterocycles. The summed E-state index contributed by atoms with van der Waals surface area (Å²) in [4.78, 5) is 28.6. The van der Waals surface area contributed by atoms with E-state index >= 15 is 0 Å². The fraction of sp³-hybridized carbons (Fsp3) is 0.206. The van der Waals surface area contributed by atoms with Crippen molar-refractivity contribution in [1.82, 2.24) is 10.7 Å². The van der Waals surface area contributed by atoms with Gasteiger partial charge in [0, 0.05) is 29.9 Å². The first kappa shape index (κ1) is 26.9. The maximum atomic E-state index is 13.4. The summed E-state index contributed by atoms with van der Waals surface area (Å²) in [6.45, 7) is 7.93. The van der Waals surface area contributed by atoms with Crippen molar-refractivity contribution in [2.24, 2.45) is 5.10 Å². The van der Waals surface area contributed by atoms with Crippen molar-refractivity contribution < 1.29 is 9.59 Å². The van der Waals surface area contributed by atoms with Crippen LogP contribution in [0.5, 0.6) is 0 Å². The van der Waals surface area contributed by atoms with Gasteiger partial charge in [-0.2, -0.15) is 5.10 Å². The van der Waals surface area contributed by atoms with Gasteiger partial charge in [-0.3, -0.25) is 9.59 Å². The summed E-state index contributed by atoms with van der Waals surface area (Å²) in [6, 6.07) is 27.4. The summed E-state index contributed by atoms with van der Waals surface area (Å²) in [7, 11) is 0. The molecular weight excluding hydrogens is 496 g/mol. The molecule has 2 amide bonds. The minimum atomic E-state index is -0.498. The van der Waals surface area contributed by atoms with Gasteiger partial charge < -0.3 is 10.2 Å². The van der Waals surface area contributed by atoms with Gasteiger partial charge in [0.15, 0.2) is 0 Å². The van der Waals surface area contributed by atoms with E-state index in [0.717, 1.165) is 48.1 Å². The number of rotatable bonds is 9. The molecule has 0 atom stereocenters. The molecule has 0 saturated carbocycles. The molecule has 0 aliphatic heterocycles. The van der Waals surface area contributed by atoms with Crippen molar-refractivity contribution in [2.75, 3.05) is 18.0 Å². The number of carbonyl (C=O) groups excluding carboxylic acids is 2. The van der Waals surface area contributed by atoms with Crippen molar-refractivity contribution >= 4 is 40.1 Å². The van der Waals surface area contributed by atoms with Crippen LogP contribution in [0, 0.1) is 0 Å². The average Bonchev–Trinajstić information content (AvgIpc) is 3.42. The Morgan fingerprint density at radius 1 is 0.850 bits per heavy atom. The molecule has 5 rings (SSSR count). The third-order valence-corrected chi connectivity index (χ3v) is 7.45. The minimum absolute atomic E-state index is 0.112. The molecule has 0 spiro atoms. The van der Waals surface area contributed by atoms with Crippen LogP contribution < -0.4 is 15.6 Å². The van der Waals surface area contributed by atoms with Gasteiger partial charge >= 0.3 is 0 Å².